The van der Waals surface area contributed by atoms with Crippen molar-refractivity contribution in [3.63, 3.8) is 0 Å². The molecule has 3 fully saturated rings. The van der Waals surface area contributed by atoms with Crippen LogP contribution in [0.5, 0.6) is 0 Å². The van der Waals surface area contributed by atoms with E-state index in [-0.39, 0.29) is 18.6 Å². The second-order valence-electron chi connectivity index (χ2n) is 8.73. The number of amides is 1. The summed E-state index contributed by atoms with van der Waals surface area (Å²) >= 11 is 0. The molecule has 1 amide bonds. The zero-order chi connectivity index (χ0) is 19.5. The molecule has 7 nitrogen and oxygen atoms in total. The first-order chi connectivity index (χ1) is 13.6. The van der Waals surface area contributed by atoms with Crippen LogP contribution < -0.4 is 5.32 Å². The topological polar surface area (TPSA) is 70.6 Å². The minimum absolute atomic E-state index is 0.00215. The maximum absolute atomic E-state index is 12.4. The molecular formula is C21H33N5O2. The van der Waals surface area contributed by atoms with Crippen molar-refractivity contribution in [2.45, 2.75) is 45.6 Å². The van der Waals surface area contributed by atoms with Crippen LogP contribution in [0, 0.1) is 25.7 Å². The average Bonchev–Trinajstić information content (AvgIpc) is 3.51. The highest BCUT2D eigenvalue weighted by Crippen LogP contribution is 2.31. The monoisotopic (exact) mass is 387 g/mol. The van der Waals surface area contributed by atoms with Gasteiger partial charge in [-0.3, -0.25) is 4.79 Å². The predicted octanol–water partition coefficient (Wildman–Crippen LogP) is 1.85. The van der Waals surface area contributed by atoms with Gasteiger partial charge in [0.15, 0.2) is 0 Å². The van der Waals surface area contributed by atoms with Gasteiger partial charge in [-0.15, -0.1) is 0 Å². The molecule has 1 aromatic rings. The summed E-state index contributed by atoms with van der Waals surface area (Å²) in [6.07, 6.45) is 6.84. The summed E-state index contributed by atoms with van der Waals surface area (Å²) in [5, 5.41) is 3.37. The third-order valence-electron chi connectivity index (χ3n) is 6.45. The highest BCUT2D eigenvalue weighted by molar-refractivity contribution is 5.78. The molecule has 154 valence electrons. The zero-order valence-corrected chi connectivity index (χ0v) is 17.2. The molecule has 2 aliphatic heterocycles. The number of aromatic nitrogens is 2. The molecule has 0 spiro atoms. The smallest absolute Gasteiger partial charge is 0.248 e. The van der Waals surface area contributed by atoms with E-state index in [1.807, 2.05) is 18.7 Å². The summed E-state index contributed by atoms with van der Waals surface area (Å²) in [6.45, 7) is 10.1. The molecular weight excluding hydrogens is 354 g/mol. The molecule has 0 aromatic carbocycles. The number of carbonyl (C=O) groups is 1. The van der Waals surface area contributed by atoms with Crippen LogP contribution in [0.4, 0.5) is 5.82 Å². The number of aryl methyl sites for hydroxylation is 1. The minimum atomic E-state index is 0.00215. The lowest BCUT2D eigenvalue weighted by molar-refractivity contribution is -0.149. The fourth-order valence-electron chi connectivity index (χ4n) is 4.24. The molecule has 0 radical (unpaired) electrons. The lowest BCUT2D eigenvalue weighted by Crippen LogP contribution is -2.51. The first-order valence-electron chi connectivity index (χ1n) is 10.7. The van der Waals surface area contributed by atoms with Gasteiger partial charge in [0.05, 0.1) is 6.10 Å². The molecule has 2 saturated heterocycles. The van der Waals surface area contributed by atoms with Crippen LogP contribution in [0.15, 0.2) is 6.33 Å². The van der Waals surface area contributed by atoms with E-state index in [0.29, 0.717) is 19.0 Å². The van der Waals surface area contributed by atoms with Crippen molar-refractivity contribution in [3.8, 4) is 0 Å². The maximum Gasteiger partial charge on any atom is 0.248 e. The number of nitrogens with one attached hydrogen (secondary N) is 1. The Morgan fingerprint density at radius 2 is 1.86 bits per heavy atom. The van der Waals surface area contributed by atoms with E-state index in [1.54, 1.807) is 6.33 Å². The molecule has 1 atom stereocenters. The number of carbonyl (C=O) groups excluding carboxylic acids is 1. The summed E-state index contributed by atoms with van der Waals surface area (Å²) in [5.74, 6) is 2.57. The predicted molar refractivity (Wildman–Crippen MR) is 108 cm³/mol. The van der Waals surface area contributed by atoms with E-state index in [1.165, 1.54) is 45.3 Å². The number of nitrogens with zero attached hydrogens (tertiary/aromatic N) is 4. The van der Waals surface area contributed by atoms with Gasteiger partial charge in [-0.05, 0) is 64.5 Å². The van der Waals surface area contributed by atoms with Crippen molar-refractivity contribution in [1.29, 1.82) is 0 Å². The number of morpholine rings is 1. The Kier molecular flexibility index (Phi) is 6.11. The quantitative estimate of drug-likeness (QED) is 0.770. The Morgan fingerprint density at radius 3 is 2.61 bits per heavy atom. The fraction of sp³-hybridized carbons (Fsp3) is 0.762. The molecule has 0 bridgehead atoms. The van der Waals surface area contributed by atoms with Crippen LogP contribution >= 0.6 is 0 Å². The summed E-state index contributed by atoms with van der Waals surface area (Å²) < 4.78 is 5.76. The first kappa shape index (κ1) is 19.6. The van der Waals surface area contributed by atoms with Gasteiger partial charge in [-0.2, -0.15) is 0 Å². The maximum atomic E-state index is 12.4. The Labute approximate surface area is 167 Å². The van der Waals surface area contributed by atoms with Crippen LogP contribution in [-0.2, 0) is 9.53 Å². The van der Waals surface area contributed by atoms with Crippen molar-refractivity contribution in [3.05, 3.63) is 17.6 Å². The minimum Gasteiger partial charge on any atom is -0.367 e. The Morgan fingerprint density at radius 1 is 1.11 bits per heavy atom. The summed E-state index contributed by atoms with van der Waals surface area (Å²) in [4.78, 5) is 25.5. The average molecular weight is 388 g/mol. The normalized spacial score (nSPS) is 24.6. The summed E-state index contributed by atoms with van der Waals surface area (Å²) in [7, 11) is 0. The van der Waals surface area contributed by atoms with E-state index in [4.69, 9.17) is 4.74 Å². The number of hydrogen-bond donors (Lipinski definition) is 1. The van der Waals surface area contributed by atoms with Gasteiger partial charge in [0.25, 0.3) is 0 Å². The van der Waals surface area contributed by atoms with E-state index in [9.17, 15) is 4.79 Å². The van der Waals surface area contributed by atoms with Crippen LogP contribution in [0.1, 0.15) is 36.9 Å². The van der Waals surface area contributed by atoms with E-state index in [2.05, 4.69) is 20.2 Å². The number of piperidine rings is 1. The third kappa shape index (κ3) is 5.00. The number of ether oxygens (including phenoxy) is 1. The van der Waals surface area contributed by atoms with Gasteiger partial charge in [0.2, 0.25) is 5.91 Å². The molecule has 1 aliphatic carbocycles. The second kappa shape index (κ2) is 8.74. The van der Waals surface area contributed by atoms with Crippen molar-refractivity contribution in [1.82, 2.24) is 19.8 Å². The Balaban J connectivity index is 1.24. The van der Waals surface area contributed by atoms with Gasteiger partial charge >= 0.3 is 0 Å². The highest BCUT2D eigenvalue weighted by atomic mass is 16.5. The van der Waals surface area contributed by atoms with E-state index in [0.717, 1.165) is 29.5 Å². The fourth-order valence-corrected chi connectivity index (χ4v) is 4.24. The number of rotatable bonds is 7. The van der Waals surface area contributed by atoms with Crippen molar-refractivity contribution in [2.75, 3.05) is 51.2 Å². The number of hydrogen-bond acceptors (Lipinski definition) is 6. The lowest BCUT2D eigenvalue weighted by Gasteiger charge is -2.38. The van der Waals surface area contributed by atoms with Crippen LogP contribution in [0.3, 0.4) is 0 Å². The molecule has 3 heterocycles. The van der Waals surface area contributed by atoms with Crippen molar-refractivity contribution >= 4 is 11.7 Å². The number of likely N-dealkylation sites (tertiary alicyclic amines) is 1. The molecule has 3 aliphatic rings. The zero-order valence-electron chi connectivity index (χ0n) is 17.2. The molecule has 0 unspecified atom stereocenters. The van der Waals surface area contributed by atoms with Gasteiger partial charge in [0.1, 0.15) is 18.8 Å². The SMILES string of the molecule is Cc1ncnc(NC[C@H]2CN(CC3CCN(CC4CC4)CC3)C(=O)CO2)c1C. The molecule has 28 heavy (non-hydrogen) atoms. The van der Waals surface area contributed by atoms with Crippen molar-refractivity contribution < 1.29 is 9.53 Å². The van der Waals surface area contributed by atoms with Gasteiger partial charge in [0, 0.05) is 37.4 Å². The first-order valence-corrected chi connectivity index (χ1v) is 10.7. The van der Waals surface area contributed by atoms with Crippen LogP contribution in [0.2, 0.25) is 0 Å². The molecule has 1 aromatic heterocycles. The van der Waals surface area contributed by atoms with Gasteiger partial charge in [-0.25, -0.2) is 9.97 Å². The molecule has 7 heteroatoms. The van der Waals surface area contributed by atoms with Crippen LogP contribution in [-0.4, -0.2) is 77.7 Å². The molecule has 1 saturated carbocycles. The summed E-state index contributed by atoms with van der Waals surface area (Å²) in [6, 6.07) is 0. The second-order valence-corrected chi connectivity index (χ2v) is 8.73. The highest BCUT2D eigenvalue weighted by Gasteiger charge is 2.31. The Bertz CT molecular complexity index is 685. The third-order valence-corrected chi connectivity index (χ3v) is 6.45. The van der Waals surface area contributed by atoms with Gasteiger partial charge < -0.3 is 19.9 Å². The Hall–Kier alpha value is -1.73. The number of anilines is 1. The lowest BCUT2D eigenvalue weighted by atomic mass is 9.95. The molecule has 1 N–H and O–H groups in total. The summed E-state index contributed by atoms with van der Waals surface area (Å²) in [5.41, 5.74) is 2.04. The van der Waals surface area contributed by atoms with E-state index >= 15 is 0 Å². The van der Waals surface area contributed by atoms with Gasteiger partial charge in [-0.1, -0.05) is 0 Å². The molecule has 4 rings (SSSR count). The standard InChI is InChI=1S/C21H33N5O2/c1-15-16(2)23-14-24-21(15)22-9-19-12-26(20(27)13-28-19)11-18-5-7-25(8-6-18)10-17-3-4-17/h14,17-19H,3-13H2,1-2H3,(H,22,23,24)/t19-/m0/s1. The largest absolute Gasteiger partial charge is 0.367 e. The van der Waals surface area contributed by atoms with E-state index < -0.39 is 0 Å². The van der Waals surface area contributed by atoms with Crippen molar-refractivity contribution in [2.24, 2.45) is 11.8 Å². The van der Waals surface area contributed by atoms with Crippen LogP contribution in [0.25, 0.3) is 0 Å².